The van der Waals surface area contributed by atoms with E-state index in [0.717, 1.165) is 31.6 Å². The van der Waals surface area contributed by atoms with Gasteiger partial charge in [-0.25, -0.2) is 4.39 Å². The molecule has 2 aliphatic heterocycles. The van der Waals surface area contributed by atoms with Crippen LogP contribution in [0.2, 0.25) is 0 Å². The Hall–Kier alpha value is -2.09. The van der Waals surface area contributed by atoms with E-state index < -0.39 is 0 Å². The van der Waals surface area contributed by atoms with E-state index in [1.165, 1.54) is 12.1 Å². The van der Waals surface area contributed by atoms with Crippen molar-refractivity contribution in [1.29, 1.82) is 5.26 Å². The number of hydrogen-bond acceptors (Lipinski definition) is 3. The smallest absolute Gasteiger partial charge is 0.220 e. The summed E-state index contributed by atoms with van der Waals surface area (Å²) in [5, 5.41) is 12.2. The van der Waals surface area contributed by atoms with E-state index in [9.17, 15) is 9.18 Å². The third-order valence-electron chi connectivity index (χ3n) is 4.24. The van der Waals surface area contributed by atoms with Crippen molar-refractivity contribution >= 4 is 11.6 Å². The number of hydrogen-bond donors (Lipinski definition) is 1. The minimum absolute atomic E-state index is 0.138. The first-order valence-electron chi connectivity index (χ1n) is 6.91. The molecule has 2 saturated heterocycles. The number of anilines is 1. The first-order valence-corrected chi connectivity index (χ1v) is 6.91. The van der Waals surface area contributed by atoms with Crippen LogP contribution in [0.1, 0.15) is 24.8 Å². The molecule has 2 heterocycles. The second-order valence-corrected chi connectivity index (χ2v) is 5.48. The van der Waals surface area contributed by atoms with Crippen LogP contribution in [0.15, 0.2) is 18.2 Å². The first-order chi connectivity index (χ1) is 9.67. The number of nitrogens with zero attached hydrogens (tertiary/aromatic N) is 2. The summed E-state index contributed by atoms with van der Waals surface area (Å²) in [6.45, 7) is 1.59. The number of halogens is 1. The van der Waals surface area contributed by atoms with Crippen LogP contribution in [0.25, 0.3) is 0 Å². The fraction of sp³-hybridized carbons (Fsp3) is 0.467. The zero-order chi connectivity index (χ0) is 14.1. The average molecular weight is 273 g/mol. The van der Waals surface area contributed by atoms with Gasteiger partial charge < -0.3 is 10.2 Å². The predicted octanol–water partition coefficient (Wildman–Crippen LogP) is 1.80. The summed E-state index contributed by atoms with van der Waals surface area (Å²) in [4.78, 5) is 13.5. The number of benzene rings is 1. The normalized spacial score (nSPS) is 25.6. The van der Waals surface area contributed by atoms with E-state index in [1.54, 1.807) is 6.07 Å². The summed E-state index contributed by atoms with van der Waals surface area (Å²) in [6.07, 6.45) is 2.33. The van der Waals surface area contributed by atoms with Crippen molar-refractivity contribution in [3.8, 4) is 6.07 Å². The lowest BCUT2D eigenvalue weighted by Crippen LogP contribution is -2.54. The fourth-order valence-electron chi connectivity index (χ4n) is 3.20. The molecule has 3 rings (SSSR count). The molecule has 0 aliphatic carbocycles. The van der Waals surface area contributed by atoms with E-state index in [2.05, 4.69) is 16.3 Å². The highest BCUT2D eigenvalue weighted by Gasteiger charge is 2.34. The average Bonchev–Trinajstić information content (AvgIpc) is 2.46. The standard InChI is InChI=1S/C15H16FN3O/c16-12-2-3-14(11(7-12)8-17)19-6-5-13-10(9-19)1-4-15(20)18-13/h2-3,7,10,13H,1,4-6,9H2,(H,18,20). The van der Waals surface area contributed by atoms with Gasteiger partial charge in [0, 0.05) is 25.6 Å². The zero-order valence-electron chi connectivity index (χ0n) is 11.1. The van der Waals surface area contributed by atoms with Gasteiger partial charge in [-0.1, -0.05) is 0 Å². The number of rotatable bonds is 1. The molecule has 1 aromatic carbocycles. The lowest BCUT2D eigenvalue weighted by molar-refractivity contribution is -0.124. The highest BCUT2D eigenvalue weighted by atomic mass is 19.1. The van der Waals surface area contributed by atoms with Gasteiger partial charge in [0.05, 0.1) is 11.3 Å². The summed E-state index contributed by atoms with van der Waals surface area (Å²) >= 11 is 0. The summed E-state index contributed by atoms with van der Waals surface area (Å²) in [5.41, 5.74) is 1.17. The second kappa shape index (κ2) is 5.12. The van der Waals surface area contributed by atoms with Crippen LogP contribution in [0.4, 0.5) is 10.1 Å². The maximum Gasteiger partial charge on any atom is 0.220 e. The van der Waals surface area contributed by atoms with Gasteiger partial charge in [0.15, 0.2) is 0 Å². The summed E-state index contributed by atoms with van der Waals surface area (Å²) in [5.74, 6) is 0.169. The van der Waals surface area contributed by atoms with E-state index in [0.29, 0.717) is 17.9 Å². The van der Waals surface area contributed by atoms with Gasteiger partial charge in [-0.3, -0.25) is 4.79 Å². The van der Waals surface area contributed by atoms with Crippen LogP contribution in [-0.4, -0.2) is 25.0 Å². The van der Waals surface area contributed by atoms with Crippen LogP contribution in [0.3, 0.4) is 0 Å². The Morgan fingerprint density at radius 1 is 1.40 bits per heavy atom. The molecule has 1 N–H and O–H groups in total. The molecule has 5 heteroatoms. The van der Waals surface area contributed by atoms with E-state index >= 15 is 0 Å². The molecule has 104 valence electrons. The van der Waals surface area contributed by atoms with Crippen molar-refractivity contribution in [2.75, 3.05) is 18.0 Å². The Morgan fingerprint density at radius 2 is 2.25 bits per heavy atom. The summed E-state index contributed by atoms with van der Waals surface area (Å²) in [6, 6.07) is 6.66. The van der Waals surface area contributed by atoms with Gasteiger partial charge in [-0.05, 0) is 37.0 Å². The maximum atomic E-state index is 13.2. The van der Waals surface area contributed by atoms with Gasteiger partial charge in [0.2, 0.25) is 5.91 Å². The highest BCUT2D eigenvalue weighted by molar-refractivity contribution is 5.77. The number of nitrogens with one attached hydrogen (secondary N) is 1. The Labute approximate surface area is 117 Å². The molecule has 1 amide bonds. The molecule has 2 aliphatic rings. The number of carbonyl (C=O) groups is 1. The number of nitriles is 1. The third-order valence-corrected chi connectivity index (χ3v) is 4.24. The Kier molecular flexibility index (Phi) is 3.31. The van der Waals surface area contributed by atoms with Crippen molar-refractivity contribution in [1.82, 2.24) is 5.32 Å². The molecular weight excluding hydrogens is 257 g/mol. The lowest BCUT2D eigenvalue weighted by Gasteiger charge is -2.42. The van der Waals surface area contributed by atoms with Crippen molar-refractivity contribution < 1.29 is 9.18 Å². The summed E-state index contributed by atoms with van der Waals surface area (Å²) in [7, 11) is 0. The van der Waals surface area contributed by atoms with Crippen molar-refractivity contribution in [3.63, 3.8) is 0 Å². The van der Waals surface area contributed by atoms with Gasteiger partial charge >= 0.3 is 0 Å². The molecule has 2 atom stereocenters. The molecule has 1 aromatic rings. The van der Waals surface area contributed by atoms with E-state index in [4.69, 9.17) is 5.26 Å². The van der Waals surface area contributed by atoms with Crippen LogP contribution in [0.5, 0.6) is 0 Å². The topological polar surface area (TPSA) is 56.1 Å². The monoisotopic (exact) mass is 273 g/mol. The van der Waals surface area contributed by atoms with Crippen LogP contribution in [-0.2, 0) is 4.79 Å². The predicted molar refractivity (Wildman–Crippen MR) is 72.6 cm³/mol. The second-order valence-electron chi connectivity index (χ2n) is 5.48. The molecule has 4 nitrogen and oxygen atoms in total. The van der Waals surface area contributed by atoms with E-state index in [-0.39, 0.29) is 17.8 Å². The largest absolute Gasteiger partial charge is 0.370 e. The highest BCUT2D eigenvalue weighted by Crippen LogP contribution is 2.30. The van der Waals surface area contributed by atoms with Crippen molar-refractivity contribution in [2.45, 2.75) is 25.3 Å². The Balaban J connectivity index is 1.80. The first kappa shape index (κ1) is 12.9. The van der Waals surface area contributed by atoms with Crippen molar-refractivity contribution in [3.05, 3.63) is 29.6 Å². The molecule has 0 saturated carbocycles. The molecule has 0 bridgehead atoms. The molecule has 0 radical (unpaired) electrons. The number of piperidine rings is 2. The third kappa shape index (κ3) is 2.34. The zero-order valence-corrected chi connectivity index (χ0v) is 11.1. The van der Waals surface area contributed by atoms with Gasteiger partial charge in [0.1, 0.15) is 11.9 Å². The molecule has 0 spiro atoms. The summed E-state index contributed by atoms with van der Waals surface area (Å²) < 4.78 is 13.2. The number of fused-ring (bicyclic) bond motifs is 1. The number of carbonyl (C=O) groups excluding carboxylic acids is 1. The van der Waals surface area contributed by atoms with Gasteiger partial charge in [-0.2, -0.15) is 5.26 Å². The molecular formula is C15H16FN3O. The maximum absolute atomic E-state index is 13.2. The van der Waals surface area contributed by atoms with Crippen LogP contribution in [0, 0.1) is 23.1 Å². The van der Waals surface area contributed by atoms with Gasteiger partial charge in [0.25, 0.3) is 0 Å². The van der Waals surface area contributed by atoms with E-state index in [1.807, 2.05) is 0 Å². The minimum Gasteiger partial charge on any atom is -0.370 e. The Morgan fingerprint density at radius 3 is 3.05 bits per heavy atom. The molecule has 2 unspecified atom stereocenters. The van der Waals surface area contributed by atoms with Crippen LogP contribution < -0.4 is 10.2 Å². The lowest BCUT2D eigenvalue weighted by atomic mass is 9.85. The van der Waals surface area contributed by atoms with Gasteiger partial charge in [-0.15, -0.1) is 0 Å². The molecule has 20 heavy (non-hydrogen) atoms. The van der Waals surface area contributed by atoms with Crippen molar-refractivity contribution in [2.24, 2.45) is 5.92 Å². The minimum atomic E-state index is -0.384. The molecule has 0 aromatic heterocycles. The molecule has 2 fully saturated rings. The fourth-order valence-corrected chi connectivity index (χ4v) is 3.20. The number of amides is 1. The SMILES string of the molecule is N#Cc1cc(F)ccc1N1CCC2NC(=O)CCC2C1. The Bertz CT molecular complexity index is 581. The quantitative estimate of drug-likeness (QED) is 0.849. The van der Waals surface area contributed by atoms with Crippen LogP contribution >= 0.6 is 0 Å².